The Morgan fingerprint density at radius 2 is 2.00 bits per heavy atom. The molecule has 2 heterocycles. The lowest BCUT2D eigenvalue weighted by Crippen LogP contribution is -2.40. The average Bonchev–Trinajstić information content (AvgIpc) is 2.72. The van der Waals surface area contributed by atoms with E-state index in [4.69, 9.17) is 4.74 Å². The third-order valence-corrected chi connectivity index (χ3v) is 5.51. The number of rotatable bonds is 5. The van der Waals surface area contributed by atoms with Crippen LogP contribution in [-0.4, -0.2) is 41.6 Å². The summed E-state index contributed by atoms with van der Waals surface area (Å²) in [5.41, 5.74) is 5.86. The van der Waals surface area contributed by atoms with Crippen molar-refractivity contribution in [2.45, 2.75) is 40.0 Å². The molecule has 1 saturated heterocycles. The third-order valence-electron chi connectivity index (χ3n) is 5.51. The maximum absolute atomic E-state index is 13.0. The molecular weight excluding hydrogens is 374 g/mol. The Labute approximate surface area is 178 Å². The van der Waals surface area contributed by atoms with Crippen LogP contribution in [0.15, 0.2) is 48.5 Å². The molecule has 0 radical (unpaired) electrons. The molecule has 5 nitrogen and oxygen atoms in total. The first-order valence-corrected chi connectivity index (χ1v) is 10.6. The number of fused-ring (bicyclic) bond motifs is 1. The zero-order valence-electron chi connectivity index (χ0n) is 17.9. The summed E-state index contributed by atoms with van der Waals surface area (Å²) in [6, 6.07) is 16.4. The number of ether oxygens (including phenoxy) is 1. The SMILES string of the molecule is Cc1ccc2nc(C)cc(C(=O)NCc3cccc(CN4CCOC(C)C4)c3)c2c1. The van der Waals surface area contributed by atoms with Crippen LogP contribution in [0.4, 0.5) is 0 Å². The molecule has 0 bridgehead atoms. The highest BCUT2D eigenvalue weighted by atomic mass is 16.5. The van der Waals surface area contributed by atoms with E-state index in [0.717, 1.165) is 54.0 Å². The normalized spacial score (nSPS) is 17.2. The van der Waals surface area contributed by atoms with Gasteiger partial charge in [-0.2, -0.15) is 0 Å². The maximum Gasteiger partial charge on any atom is 0.252 e. The number of aryl methyl sites for hydroxylation is 2. The number of pyridine rings is 1. The highest BCUT2D eigenvalue weighted by Gasteiger charge is 2.17. The van der Waals surface area contributed by atoms with Gasteiger partial charge in [0.05, 0.1) is 23.8 Å². The predicted octanol–water partition coefficient (Wildman–Crippen LogP) is 4.00. The van der Waals surface area contributed by atoms with Gasteiger partial charge in [0.2, 0.25) is 0 Å². The van der Waals surface area contributed by atoms with E-state index in [1.807, 2.05) is 38.1 Å². The van der Waals surface area contributed by atoms with Crippen LogP contribution in [0.1, 0.15) is 39.7 Å². The van der Waals surface area contributed by atoms with Crippen molar-refractivity contribution in [1.82, 2.24) is 15.2 Å². The highest BCUT2D eigenvalue weighted by Crippen LogP contribution is 2.20. The van der Waals surface area contributed by atoms with Gasteiger partial charge in [-0.05, 0) is 50.1 Å². The second-order valence-electron chi connectivity index (χ2n) is 8.25. The number of nitrogens with one attached hydrogen (secondary N) is 1. The van der Waals surface area contributed by atoms with Crippen molar-refractivity contribution in [1.29, 1.82) is 0 Å². The Bertz CT molecular complexity index is 1060. The summed E-state index contributed by atoms with van der Waals surface area (Å²) >= 11 is 0. The fourth-order valence-corrected chi connectivity index (χ4v) is 4.07. The molecule has 2 aromatic carbocycles. The van der Waals surface area contributed by atoms with E-state index in [1.165, 1.54) is 5.56 Å². The fraction of sp³-hybridized carbons (Fsp3) is 0.360. The third kappa shape index (κ3) is 4.86. The molecule has 1 N–H and O–H groups in total. The van der Waals surface area contributed by atoms with Gasteiger partial charge in [0.25, 0.3) is 5.91 Å². The summed E-state index contributed by atoms with van der Waals surface area (Å²) in [7, 11) is 0. The lowest BCUT2D eigenvalue weighted by atomic mass is 10.0. The van der Waals surface area contributed by atoms with E-state index in [-0.39, 0.29) is 12.0 Å². The first kappa shape index (κ1) is 20.5. The van der Waals surface area contributed by atoms with Gasteiger partial charge in [0.15, 0.2) is 0 Å². The van der Waals surface area contributed by atoms with Gasteiger partial charge in [-0.25, -0.2) is 0 Å². The van der Waals surface area contributed by atoms with E-state index in [2.05, 4.69) is 46.4 Å². The summed E-state index contributed by atoms with van der Waals surface area (Å²) in [5, 5.41) is 3.99. The number of nitrogens with zero attached hydrogens (tertiary/aromatic N) is 2. The summed E-state index contributed by atoms with van der Waals surface area (Å²) in [6.45, 7) is 10.2. The number of aromatic nitrogens is 1. The molecule has 5 heteroatoms. The summed E-state index contributed by atoms with van der Waals surface area (Å²) < 4.78 is 5.63. The summed E-state index contributed by atoms with van der Waals surface area (Å²) in [6.07, 6.45) is 0.281. The van der Waals surface area contributed by atoms with Crippen LogP contribution in [0.2, 0.25) is 0 Å². The highest BCUT2D eigenvalue weighted by molar-refractivity contribution is 6.06. The largest absolute Gasteiger partial charge is 0.376 e. The van der Waals surface area contributed by atoms with Crippen LogP contribution in [-0.2, 0) is 17.8 Å². The van der Waals surface area contributed by atoms with Crippen molar-refractivity contribution in [2.24, 2.45) is 0 Å². The predicted molar refractivity (Wildman–Crippen MR) is 120 cm³/mol. The minimum Gasteiger partial charge on any atom is -0.376 e. The summed E-state index contributed by atoms with van der Waals surface area (Å²) in [5.74, 6) is -0.0662. The van der Waals surface area contributed by atoms with Crippen LogP contribution in [0, 0.1) is 13.8 Å². The minimum atomic E-state index is -0.0662. The fourth-order valence-electron chi connectivity index (χ4n) is 4.07. The molecule has 0 aliphatic carbocycles. The Hall–Kier alpha value is -2.76. The quantitative estimate of drug-likeness (QED) is 0.700. The van der Waals surface area contributed by atoms with Crippen molar-refractivity contribution in [3.63, 3.8) is 0 Å². The molecule has 1 aliphatic heterocycles. The van der Waals surface area contributed by atoms with Crippen molar-refractivity contribution in [3.8, 4) is 0 Å². The average molecular weight is 404 g/mol. The number of benzene rings is 2. The maximum atomic E-state index is 13.0. The Morgan fingerprint density at radius 1 is 1.17 bits per heavy atom. The molecule has 4 rings (SSSR count). The number of amides is 1. The molecule has 0 saturated carbocycles. The standard InChI is InChI=1S/C25H29N3O2/c1-17-7-8-24-22(11-17)23(12-18(2)27-24)25(29)26-14-20-5-4-6-21(13-20)16-28-9-10-30-19(3)15-28/h4-8,11-13,19H,9-10,14-16H2,1-3H3,(H,26,29). The van der Waals surface area contributed by atoms with Crippen molar-refractivity contribution in [2.75, 3.05) is 19.7 Å². The van der Waals surface area contributed by atoms with Crippen molar-refractivity contribution < 1.29 is 9.53 Å². The van der Waals surface area contributed by atoms with Crippen LogP contribution in [0.3, 0.4) is 0 Å². The van der Waals surface area contributed by atoms with Gasteiger partial charge < -0.3 is 10.1 Å². The molecule has 156 valence electrons. The molecule has 1 aromatic heterocycles. The van der Waals surface area contributed by atoms with Gasteiger partial charge in [-0.15, -0.1) is 0 Å². The topological polar surface area (TPSA) is 54.5 Å². The molecule has 3 aromatic rings. The molecule has 1 fully saturated rings. The monoisotopic (exact) mass is 403 g/mol. The number of hydrogen-bond donors (Lipinski definition) is 1. The minimum absolute atomic E-state index is 0.0662. The van der Waals surface area contributed by atoms with Crippen molar-refractivity contribution >= 4 is 16.8 Å². The Morgan fingerprint density at radius 3 is 2.83 bits per heavy atom. The Balaban J connectivity index is 1.46. The number of morpholine rings is 1. The molecule has 1 amide bonds. The lowest BCUT2D eigenvalue weighted by Gasteiger charge is -2.31. The molecule has 1 aliphatic rings. The second-order valence-corrected chi connectivity index (χ2v) is 8.25. The molecule has 1 unspecified atom stereocenters. The van der Waals surface area contributed by atoms with Gasteiger partial charge in [0.1, 0.15) is 0 Å². The van der Waals surface area contributed by atoms with E-state index in [1.54, 1.807) is 0 Å². The van der Waals surface area contributed by atoms with E-state index in [0.29, 0.717) is 12.1 Å². The van der Waals surface area contributed by atoms with E-state index in [9.17, 15) is 4.79 Å². The number of hydrogen-bond acceptors (Lipinski definition) is 4. The van der Waals surface area contributed by atoms with Gasteiger partial charge in [-0.1, -0.05) is 35.9 Å². The van der Waals surface area contributed by atoms with Crippen LogP contribution < -0.4 is 5.32 Å². The van der Waals surface area contributed by atoms with E-state index < -0.39 is 0 Å². The lowest BCUT2D eigenvalue weighted by molar-refractivity contribution is -0.0212. The molecule has 0 spiro atoms. The first-order chi connectivity index (χ1) is 14.5. The smallest absolute Gasteiger partial charge is 0.252 e. The number of carbonyl (C=O) groups is 1. The van der Waals surface area contributed by atoms with Crippen LogP contribution in [0.5, 0.6) is 0 Å². The van der Waals surface area contributed by atoms with E-state index >= 15 is 0 Å². The second kappa shape index (κ2) is 8.94. The zero-order valence-corrected chi connectivity index (χ0v) is 17.9. The van der Waals surface area contributed by atoms with Gasteiger partial charge in [-0.3, -0.25) is 14.7 Å². The molecular formula is C25H29N3O2. The summed E-state index contributed by atoms with van der Waals surface area (Å²) in [4.78, 5) is 19.9. The zero-order chi connectivity index (χ0) is 21.1. The van der Waals surface area contributed by atoms with Gasteiger partial charge in [0, 0.05) is 37.3 Å². The van der Waals surface area contributed by atoms with Gasteiger partial charge >= 0.3 is 0 Å². The molecule has 1 atom stereocenters. The first-order valence-electron chi connectivity index (χ1n) is 10.6. The van der Waals surface area contributed by atoms with Crippen LogP contribution >= 0.6 is 0 Å². The molecule has 30 heavy (non-hydrogen) atoms. The Kier molecular flexibility index (Phi) is 6.11. The van der Waals surface area contributed by atoms with Crippen molar-refractivity contribution in [3.05, 3.63) is 76.5 Å². The van der Waals surface area contributed by atoms with Crippen LogP contribution in [0.25, 0.3) is 10.9 Å². The number of carbonyl (C=O) groups excluding carboxylic acids is 1.